The van der Waals surface area contributed by atoms with Crippen LogP contribution in [0, 0.1) is 11.8 Å². The Morgan fingerprint density at radius 1 is 1.16 bits per heavy atom. The lowest BCUT2D eigenvalue weighted by atomic mass is 9.90. The number of carbonyl (C=O) groups is 1. The summed E-state index contributed by atoms with van der Waals surface area (Å²) in [5.74, 6) is -0.402. The summed E-state index contributed by atoms with van der Waals surface area (Å²) in [6, 6.07) is 0. The molecule has 0 aromatic carbocycles. The fourth-order valence-electron chi connectivity index (χ4n) is 3.60. The summed E-state index contributed by atoms with van der Waals surface area (Å²) in [5, 5.41) is 19.4. The number of aliphatic hydroxyl groups excluding tert-OH is 1. The lowest BCUT2D eigenvalue weighted by Gasteiger charge is -2.39. The lowest BCUT2D eigenvalue weighted by Crippen LogP contribution is -2.43. The molecule has 0 aromatic heterocycles. The van der Waals surface area contributed by atoms with Gasteiger partial charge in [0.05, 0.1) is 12.2 Å². The lowest BCUT2D eigenvalue weighted by molar-refractivity contribution is -0.137. The molecule has 0 aromatic rings. The molecule has 0 saturated heterocycles. The molecular weight excluding hydrogens is 404 g/mol. The standard InChI is InChI=1S/C26H46O4Si/c1-7-8-11-15-22(30-31(5,6)26(2,3)4)18-19-23-21(17-20-24(23)27)14-12-9-10-13-16-25(28)29/h9,12,17-24,27H,7-8,10-11,13-16H2,1-6H3,(H,28,29)/b12-9-,19-18+/t21-,22?,23-,24-/m0/s1. The smallest absolute Gasteiger partial charge is 0.303 e. The van der Waals surface area contributed by atoms with Crippen LogP contribution in [0.1, 0.15) is 79.1 Å². The molecule has 5 heteroatoms. The van der Waals surface area contributed by atoms with Gasteiger partial charge in [-0.15, -0.1) is 0 Å². The van der Waals surface area contributed by atoms with Crippen molar-refractivity contribution in [3.05, 3.63) is 36.5 Å². The SMILES string of the molecule is CCCCCC(/C=C/[C@H]1[C@@H](C/C=C\CCCC(=O)O)C=C[C@@H]1O)O[Si](C)(C)C(C)(C)C. The molecule has 2 N–H and O–H groups in total. The van der Waals surface area contributed by atoms with Gasteiger partial charge in [-0.3, -0.25) is 4.79 Å². The van der Waals surface area contributed by atoms with E-state index in [1.165, 1.54) is 12.8 Å². The maximum absolute atomic E-state index is 10.6. The molecule has 4 nitrogen and oxygen atoms in total. The summed E-state index contributed by atoms with van der Waals surface area (Å²) >= 11 is 0. The molecule has 0 amide bonds. The Balaban J connectivity index is 2.74. The Morgan fingerprint density at radius 3 is 2.48 bits per heavy atom. The summed E-state index contributed by atoms with van der Waals surface area (Å²) in [4.78, 5) is 10.6. The van der Waals surface area contributed by atoms with Gasteiger partial charge >= 0.3 is 5.97 Å². The summed E-state index contributed by atoms with van der Waals surface area (Å²) in [6.45, 7) is 13.6. The minimum atomic E-state index is -1.86. The van der Waals surface area contributed by atoms with E-state index in [9.17, 15) is 9.90 Å². The van der Waals surface area contributed by atoms with E-state index in [4.69, 9.17) is 9.53 Å². The number of allylic oxidation sites excluding steroid dienone is 3. The van der Waals surface area contributed by atoms with E-state index in [-0.39, 0.29) is 29.4 Å². The van der Waals surface area contributed by atoms with Crippen LogP contribution in [0.5, 0.6) is 0 Å². The molecular formula is C26H46O4Si. The molecule has 1 aliphatic rings. The first kappa shape index (κ1) is 27.9. The van der Waals surface area contributed by atoms with Crippen LogP contribution >= 0.6 is 0 Å². The fraction of sp³-hybridized carbons (Fsp3) is 0.731. The Morgan fingerprint density at radius 2 is 1.87 bits per heavy atom. The molecule has 0 bridgehead atoms. The molecule has 0 heterocycles. The van der Waals surface area contributed by atoms with Crippen LogP contribution < -0.4 is 0 Å². The highest BCUT2D eigenvalue weighted by Crippen LogP contribution is 2.38. The Kier molecular flexibility index (Phi) is 12.0. The second kappa shape index (κ2) is 13.4. The number of aliphatic hydroxyl groups is 1. The van der Waals surface area contributed by atoms with Crippen molar-refractivity contribution in [2.45, 2.75) is 109 Å². The highest BCUT2D eigenvalue weighted by Gasteiger charge is 2.38. The second-order valence-corrected chi connectivity index (χ2v) is 15.2. The van der Waals surface area contributed by atoms with E-state index < -0.39 is 20.4 Å². The Hall–Kier alpha value is -1.17. The minimum Gasteiger partial charge on any atom is -0.481 e. The molecule has 1 aliphatic carbocycles. The van der Waals surface area contributed by atoms with E-state index in [0.717, 1.165) is 25.7 Å². The van der Waals surface area contributed by atoms with E-state index in [2.05, 4.69) is 71.2 Å². The van der Waals surface area contributed by atoms with Crippen molar-refractivity contribution in [1.82, 2.24) is 0 Å². The van der Waals surface area contributed by atoms with Crippen molar-refractivity contribution in [3.63, 3.8) is 0 Å². The van der Waals surface area contributed by atoms with Gasteiger partial charge in [0.1, 0.15) is 0 Å². The van der Waals surface area contributed by atoms with Crippen molar-refractivity contribution < 1.29 is 19.4 Å². The van der Waals surface area contributed by atoms with Gasteiger partial charge in [-0.05, 0) is 49.7 Å². The molecule has 1 unspecified atom stereocenters. The molecule has 0 fully saturated rings. The first-order valence-corrected chi connectivity index (χ1v) is 15.0. The molecule has 0 radical (unpaired) electrons. The van der Waals surface area contributed by atoms with Crippen LogP contribution in [0.25, 0.3) is 0 Å². The number of hydrogen-bond donors (Lipinski definition) is 2. The molecule has 0 spiro atoms. The Bertz CT molecular complexity index is 615. The molecule has 1 rings (SSSR count). The van der Waals surface area contributed by atoms with Crippen LogP contribution in [0.4, 0.5) is 0 Å². The van der Waals surface area contributed by atoms with E-state index in [1.807, 2.05) is 6.08 Å². The van der Waals surface area contributed by atoms with Gasteiger partial charge in [-0.1, -0.05) is 83.4 Å². The quantitative estimate of drug-likeness (QED) is 0.172. The summed E-state index contributed by atoms with van der Waals surface area (Å²) in [7, 11) is -1.86. The van der Waals surface area contributed by atoms with E-state index >= 15 is 0 Å². The van der Waals surface area contributed by atoms with Crippen LogP contribution in [0.2, 0.25) is 18.1 Å². The molecule has 4 atom stereocenters. The van der Waals surface area contributed by atoms with Gasteiger partial charge in [0.25, 0.3) is 0 Å². The minimum absolute atomic E-state index is 0.0698. The summed E-state index contributed by atoms with van der Waals surface area (Å²) in [6.07, 6.45) is 19.4. The third-order valence-corrected chi connectivity index (χ3v) is 11.2. The van der Waals surface area contributed by atoms with Gasteiger partial charge in [-0.2, -0.15) is 0 Å². The zero-order valence-electron chi connectivity index (χ0n) is 20.6. The zero-order valence-corrected chi connectivity index (χ0v) is 21.6. The zero-order chi connectivity index (χ0) is 23.5. The van der Waals surface area contributed by atoms with Crippen LogP contribution in [-0.4, -0.2) is 36.7 Å². The van der Waals surface area contributed by atoms with Crippen molar-refractivity contribution in [1.29, 1.82) is 0 Å². The molecule has 178 valence electrons. The first-order chi connectivity index (χ1) is 14.5. The highest BCUT2D eigenvalue weighted by atomic mass is 28.4. The largest absolute Gasteiger partial charge is 0.481 e. The summed E-state index contributed by atoms with van der Waals surface area (Å²) in [5.41, 5.74) is 0. The maximum atomic E-state index is 10.6. The third-order valence-electron chi connectivity index (χ3n) is 6.67. The number of aliphatic carboxylic acids is 1. The number of unbranched alkanes of at least 4 members (excludes halogenated alkanes) is 3. The monoisotopic (exact) mass is 450 g/mol. The van der Waals surface area contributed by atoms with Gasteiger partial charge in [0, 0.05) is 12.3 Å². The molecule has 0 saturated carbocycles. The highest BCUT2D eigenvalue weighted by molar-refractivity contribution is 6.74. The van der Waals surface area contributed by atoms with Gasteiger partial charge in [-0.25, -0.2) is 0 Å². The van der Waals surface area contributed by atoms with Crippen LogP contribution in [0.3, 0.4) is 0 Å². The first-order valence-electron chi connectivity index (χ1n) is 12.1. The van der Waals surface area contributed by atoms with Crippen LogP contribution in [0.15, 0.2) is 36.5 Å². The number of carboxylic acid groups (broad SMARTS) is 1. The number of hydrogen-bond acceptors (Lipinski definition) is 3. The molecule has 31 heavy (non-hydrogen) atoms. The predicted octanol–water partition coefficient (Wildman–Crippen LogP) is 6.88. The Labute approximate surface area is 191 Å². The predicted molar refractivity (Wildman–Crippen MR) is 133 cm³/mol. The second-order valence-electron chi connectivity index (χ2n) is 10.4. The topological polar surface area (TPSA) is 66.8 Å². The van der Waals surface area contributed by atoms with Crippen LogP contribution in [-0.2, 0) is 9.22 Å². The normalized spacial score (nSPS) is 23.3. The number of carboxylic acids is 1. The maximum Gasteiger partial charge on any atom is 0.303 e. The van der Waals surface area contributed by atoms with Gasteiger partial charge in [0.15, 0.2) is 8.32 Å². The average Bonchev–Trinajstić information content (AvgIpc) is 3.01. The van der Waals surface area contributed by atoms with Crippen molar-refractivity contribution in [3.8, 4) is 0 Å². The number of rotatable bonds is 14. The third kappa shape index (κ3) is 10.3. The molecule has 0 aliphatic heterocycles. The van der Waals surface area contributed by atoms with Crippen molar-refractivity contribution in [2.24, 2.45) is 11.8 Å². The van der Waals surface area contributed by atoms with Crippen molar-refractivity contribution in [2.75, 3.05) is 0 Å². The van der Waals surface area contributed by atoms with E-state index in [0.29, 0.717) is 6.42 Å². The average molecular weight is 451 g/mol. The summed E-state index contributed by atoms with van der Waals surface area (Å²) < 4.78 is 6.71. The van der Waals surface area contributed by atoms with Gasteiger partial charge < -0.3 is 14.6 Å². The fourth-order valence-corrected chi connectivity index (χ4v) is 4.91. The van der Waals surface area contributed by atoms with Gasteiger partial charge in [0.2, 0.25) is 0 Å². The van der Waals surface area contributed by atoms with Crippen molar-refractivity contribution >= 4 is 14.3 Å². The van der Waals surface area contributed by atoms with E-state index in [1.54, 1.807) is 0 Å².